The molecule has 0 amide bonds. The minimum Gasteiger partial charge on any atom is -0.465 e. The summed E-state index contributed by atoms with van der Waals surface area (Å²) in [7, 11) is 1.67. The van der Waals surface area contributed by atoms with Crippen molar-refractivity contribution in [2.75, 3.05) is 33.5 Å². The van der Waals surface area contributed by atoms with Gasteiger partial charge in [0.25, 0.3) is 0 Å². The minimum atomic E-state index is -0.593. The first kappa shape index (κ1) is 20.3. The van der Waals surface area contributed by atoms with Crippen LogP contribution in [-0.4, -0.2) is 51.1 Å². The van der Waals surface area contributed by atoms with Gasteiger partial charge in [0.15, 0.2) is 0 Å². The Hall–Kier alpha value is -0.650. The molecule has 0 aromatic carbocycles. The van der Waals surface area contributed by atoms with Crippen LogP contribution in [0.2, 0.25) is 0 Å². The molecule has 0 aliphatic carbocycles. The molecule has 0 aromatic heterocycles. The maximum atomic E-state index is 12.1. The van der Waals surface area contributed by atoms with Gasteiger partial charge < -0.3 is 19.5 Å². The van der Waals surface area contributed by atoms with E-state index >= 15 is 0 Å². The predicted molar refractivity (Wildman–Crippen MR) is 84.5 cm³/mol. The quantitative estimate of drug-likeness (QED) is 0.418. The number of ether oxygens (including phenoxy) is 3. The number of unbranched alkanes of at least 4 members (excludes halogenated alkanes) is 1. The molecular formula is C16H33NO4. The van der Waals surface area contributed by atoms with Gasteiger partial charge in [0.2, 0.25) is 0 Å². The zero-order valence-corrected chi connectivity index (χ0v) is 14.4. The molecule has 21 heavy (non-hydrogen) atoms. The first-order valence-corrected chi connectivity index (χ1v) is 8.03. The monoisotopic (exact) mass is 303 g/mol. The number of hydrogen-bond donors (Lipinski definition) is 1. The lowest BCUT2D eigenvalue weighted by molar-refractivity contribution is -0.151. The van der Waals surface area contributed by atoms with Crippen LogP contribution in [0.5, 0.6) is 0 Å². The van der Waals surface area contributed by atoms with Crippen LogP contribution < -0.4 is 5.32 Å². The summed E-state index contributed by atoms with van der Waals surface area (Å²) in [4.78, 5) is 12.1. The lowest BCUT2D eigenvalue weighted by Crippen LogP contribution is -2.50. The van der Waals surface area contributed by atoms with Crippen molar-refractivity contribution in [2.24, 2.45) is 0 Å². The Morgan fingerprint density at radius 2 is 2.00 bits per heavy atom. The van der Waals surface area contributed by atoms with Crippen molar-refractivity contribution in [3.63, 3.8) is 0 Å². The number of carbonyl (C=O) groups is 1. The maximum absolute atomic E-state index is 12.1. The van der Waals surface area contributed by atoms with Gasteiger partial charge in [-0.2, -0.15) is 0 Å². The largest absolute Gasteiger partial charge is 0.465 e. The summed E-state index contributed by atoms with van der Waals surface area (Å²) in [6.07, 6.45) is 3.72. The third-order valence-electron chi connectivity index (χ3n) is 3.37. The zero-order valence-electron chi connectivity index (χ0n) is 14.4. The molecule has 5 heteroatoms. The van der Waals surface area contributed by atoms with Crippen molar-refractivity contribution >= 4 is 5.97 Å². The van der Waals surface area contributed by atoms with E-state index in [0.717, 1.165) is 32.2 Å². The molecule has 0 aliphatic heterocycles. The Kier molecular flexibility index (Phi) is 11.6. The van der Waals surface area contributed by atoms with E-state index in [1.54, 1.807) is 7.11 Å². The van der Waals surface area contributed by atoms with Crippen LogP contribution in [0.4, 0.5) is 0 Å². The molecular weight excluding hydrogens is 270 g/mol. The van der Waals surface area contributed by atoms with Crippen molar-refractivity contribution in [1.29, 1.82) is 0 Å². The van der Waals surface area contributed by atoms with Crippen LogP contribution in [0.3, 0.4) is 0 Å². The zero-order chi connectivity index (χ0) is 16.1. The van der Waals surface area contributed by atoms with E-state index in [1.807, 2.05) is 20.8 Å². The molecule has 0 bridgehead atoms. The molecule has 1 N–H and O–H groups in total. The van der Waals surface area contributed by atoms with E-state index in [-0.39, 0.29) is 12.1 Å². The molecule has 0 radical (unpaired) electrons. The summed E-state index contributed by atoms with van der Waals surface area (Å²) in [6.45, 7) is 10.4. The van der Waals surface area contributed by atoms with Crippen molar-refractivity contribution in [2.45, 2.75) is 65.0 Å². The second kappa shape index (κ2) is 12.0. The summed E-state index contributed by atoms with van der Waals surface area (Å²) in [6, 6.07) is 0. The first-order chi connectivity index (χ1) is 10.00. The van der Waals surface area contributed by atoms with Gasteiger partial charge in [0.1, 0.15) is 5.54 Å². The number of rotatable bonds is 13. The van der Waals surface area contributed by atoms with Crippen LogP contribution in [0.1, 0.15) is 53.4 Å². The van der Waals surface area contributed by atoms with Crippen LogP contribution >= 0.6 is 0 Å². The van der Waals surface area contributed by atoms with Crippen LogP contribution in [0.25, 0.3) is 0 Å². The van der Waals surface area contributed by atoms with Gasteiger partial charge in [-0.3, -0.25) is 4.79 Å². The molecule has 0 aliphatic rings. The van der Waals surface area contributed by atoms with Gasteiger partial charge >= 0.3 is 5.97 Å². The third kappa shape index (κ3) is 9.06. The van der Waals surface area contributed by atoms with Crippen molar-refractivity contribution < 1.29 is 19.0 Å². The summed E-state index contributed by atoms with van der Waals surface area (Å²) < 4.78 is 15.8. The molecule has 0 heterocycles. The smallest absolute Gasteiger partial charge is 0.326 e. The van der Waals surface area contributed by atoms with E-state index in [4.69, 9.17) is 14.2 Å². The number of esters is 1. The fourth-order valence-corrected chi connectivity index (χ4v) is 2.10. The van der Waals surface area contributed by atoms with Gasteiger partial charge in [-0.25, -0.2) is 0 Å². The molecule has 126 valence electrons. The normalized spacial score (nSPS) is 15.5. The lowest BCUT2D eigenvalue weighted by Gasteiger charge is -2.28. The molecule has 0 saturated heterocycles. The highest BCUT2D eigenvalue weighted by atomic mass is 16.5. The maximum Gasteiger partial charge on any atom is 0.326 e. The number of hydrogen-bond acceptors (Lipinski definition) is 5. The Balaban J connectivity index is 4.09. The Morgan fingerprint density at radius 3 is 2.57 bits per heavy atom. The summed E-state index contributed by atoms with van der Waals surface area (Å²) in [5, 5.41) is 3.32. The average molecular weight is 303 g/mol. The lowest BCUT2D eigenvalue weighted by atomic mass is 9.94. The first-order valence-electron chi connectivity index (χ1n) is 8.03. The fourth-order valence-electron chi connectivity index (χ4n) is 2.10. The highest BCUT2D eigenvalue weighted by Gasteiger charge is 2.33. The van der Waals surface area contributed by atoms with Gasteiger partial charge in [0, 0.05) is 13.7 Å². The minimum absolute atomic E-state index is 0.115. The number of nitrogens with one attached hydrogen (secondary N) is 1. The van der Waals surface area contributed by atoms with E-state index in [9.17, 15) is 4.79 Å². The third-order valence-corrected chi connectivity index (χ3v) is 3.37. The van der Waals surface area contributed by atoms with Gasteiger partial charge in [-0.1, -0.05) is 6.92 Å². The number of carbonyl (C=O) groups excluding carboxylic acids is 1. The van der Waals surface area contributed by atoms with Gasteiger partial charge in [-0.15, -0.1) is 0 Å². The van der Waals surface area contributed by atoms with E-state index in [0.29, 0.717) is 19.8 Å². The van der Waals surface area contributed by atoms with E-state index < -0.39 is 5.54 Å². The van der Waals surface area contributed by atoms with Crippen LogP contribution in [-0.2, 0) is 19.0 Å². The fraction of sp³-hybridized carbons (Fsp3) is 0.938. The van der Waals surface area contributed by atoms with Crippen LogP contribution in [0.15, 0.2) is 0 Å². The Morgan fingerprint density at radius 1 is 1.29 bits per heavy atom. The van der Waals surface area contributed by atoms with Crippen LogP contribution in [0, 0.1) is 0 Å². The second-order valence-electron chi connectivity index (χ2n) is 5.57. The highest BCUT2D eigenvalue weighted by Crippen LogP contribution is 2.16. The second-order valence-corrected chi connectivity index (χ2v) is 5.57. The molecule has 0 fully saturated rings. The molecule has 0 aromatic rings. The molecule has 0 rings (SSSR count). The molecule has 2 atom stereocenters. The summed E-state index contributed by atoms with van der Waals surface area (Å²) in [5.41, 5.74) is -0.593. The van der Waals surface area contributed by atoms with Gasteiger partial charge in [-0.05, 0) is 53.0 Å². The summed E-state index contributed by atoms with van der Waals surface area (Å²) in [5.74, 6) is -0.160. The Bertz CT molecular complexity index is 273. The molecule has 5 nitrogen and oxygen atoms in total. The topological polar surface area (TPSA) is 56.8 Å². The Labute approximate surface area is 129 Å². The predicted octanol–water partition coefficient (Wildman–Crippen LogP) is 2.53. The highest BCUT2D eigenvalue weighted by molar-refractivity contribution is 5.80. The standard InChI is InChI=1S/C16H33NO4/c1-6-11-17-16(4,15(18)20-7-2)10-8-9-12-21-14(3)13-19-5/h14,17H,6-13H2,1-5H3. The van der Waals surface area contributed by atoms with Crippen molar-refractivity contribution in [3.8, 4) is 0 Å². The molecule has 0 spiro atoms. The number of methoxy groups -OCH3 is 1. The van der Waals surface area contributed by atoms with E-state index in [2.05, 4.69) is 12.2 Å². The molecule has 0 saturated carbocycles. The van der Waals surface area contributed by atoms with Crippen molar-refractivity contribution in [1.82, 2.24) is 5.32 Å². The van der Waals surface area contributed by atoms with Gasteiger partial charge in [0.05, 0.1) is 19.3 Å². The average Bonchev–Trinajstić information content (AvgIpc) is 2.45. The van der Waals surface area contributed by atoms with Crippen molar-refractivity contribution in [3.05, 3.63) is 0 Å². The van der Waals surface area contributed by atoms with E-state index in [1.165, 1.54) is 0 Å². The SMILES string of the molecule is CCCNC(C)(CCCCOC(C)COC)C(=O)OCC. The summed E-state index contributed by atoms with van der Waals surface area (Å²) >= 11 is 0. The molecule has 2 unspecified atom stereocenters.